The number of carboxylic acid groups (broad SMARTS) is 1. The van der Waals surface area contributed by atoms with Crippen molar-refractivity contribution < 1.29 is 19.4 Å². The summed E-state index contributed by atoms with van der Waals surface area (Å²) in [5, 5.41) is 8.74. The van der Waals surface area contributed by atoms with Crippen LogP contribution in [0.25, 0.3) is 0 Å². The number of carbonyl (C=O) groups excluding carboxylic acids is 1. The van der Waals surface area contributed by atoms with Crippen molar-refractivity contribution >= 4 is 11.9 Å². The van der Waals surface area contributed by atoms with Gasteiger partial charge in [0.1, 0.15) is 6.54 Å². The second-order valence-corrected chi connectivity index (χ2v) is 4.51. The SMILES string of the molecule is COCCCCC(=O)N(CC(=O)O)CC(C)C. The average molecular weight is 245 g/mol. The third kappa shape index (κ3) is 8.68. The Labute approximate surface area is 103 Å². The number of carbonyl (C=O) groups is 2. The van der Waals surface area contributed by atoms with E-state index in [-0.39, 0.29) is 18.4 Å². The van der Waals surface area contributed by atoms with Crippen LogP contribution in [0.1, 0.15) is 33.1 Å². The van der Waals surface area contributed by atoms with Gasteiger partial charge in [-0.15, -0.1) is 0 Å². The van der Waals surface area contributed by atoms with Crippen LogP contribution < -0.4 is 0 Å². The summed E-state index contributed by atoms with van der Waals surface area (Å²) in [6, 6.07) is 0. The number of ether oxygens (including phenoxy) is 1. The molecule has 0 saturated carbocycles. The zero-order valence-corrected chi connectivity index (χ0v) is 10.9. The van der Waals surface area contributed by atoms with Crippen molar-refractivity contribution in [3.63, 3.8) is 0 Å². The van der Waals surface area contributed by atoms with Crippen molar-refractivity contribution in [2.45, 2.75) is 33.1 Å². The molecule has 0 aliphatic carbocycles. The molecule has 1 N–H and O–H groups in total. The van der Waals surface area contributed by atoms with E-state index in [1.807, 2.05) is 13.8 Å². The number of nitrogens with zero attached hydrogens (tertiary/aromatic N) is 1. The molecular formula is C12H23NO4. The number of unbranched alkanes of at least 4 members (excludes halogenated alkanes) is 1. The van der Waals surface area contributed by atoms with Crippen LogP contribution in [-0.4, -0.2) is 48.7 Å². The Balaban J connectivity index is 4.08. The van der Waals surface area contributed by atoms with Gasteiger partial charge in [-0.2, -0.15) is 0 Å². The van der Waals surface area contributed by atoms with Crippen molar-refractivity contribution in [3.8, 4) is 0 Å². The van der Waals surface area contributed by atoms with E-state index in [0.717, 1.165) is 12.8 Å². The fourth-order valence-corrected chi connectivity index (χ4v) is 1.54. The Morgan fingerprint density at radius 1 is 1.29 bits per heavy atom. The maximum atomic E-state index is 11.8. The lowest BCUT2D eigenvalue weighted by Gasteiger charge is -2.22. The summed E-state index contributed by atoms with van der Waals surface area (Å²) >= 11 is 0. The monoisotopic (exact) mass is 245 g/mol. The average Bonchev–Trinajstić information content (AvgIpc) is 2.22. The minimum absolute atomic E-state index is 0.0859. The molecule has 1 amide bonds. The van der Waals surface area contributed by atoms with Crippen molar-refractivity contribution in [1.29, 1.82) is 0 Å². The molecule has 0 heterocycles. The van der Waals surface area contributed by atoms with Crippen LogP contribution in [0.3, 0.4) is 0 Å². The Hall–Kier alpha value is -1.10. The van der Waals surface area contributed by atoms with Gasteiger partial charge in [0.05, 0.1) is 0 Å². The van der Waals surface area contributed by atoms with Crippen LogP contribution in [0.5, 0.6) is 0 Å². The molecule has 100 valence electrons. The predicted octanol–water partition coefficient (Wildman–Crippen LogP) is 1.37. The van der Waals surface area contributed by atoms with Crippen LogP contribution in [0.4, 0.5) is 0 Å². The third-order valence-electron chi connectivity index (χ3n) is 2.25. The minimum atomic E-state index is -0.962. The molecule has 0 aromatic rings. The molecule has 0 unspecified atom stereocenters. The van der Waals surface area contributed by atoms with Gasteiger partial charge in [-0.25, -0.2) is 0 Å². The Morgan fingerprint density at radius 3 is 2.41 bits per heavy atom. The van der Waals surface area contributed by atoms with Crippen LogP contribution in [0.2, 0.25) is 0 Å². The van der Waals surface area contributed by atoms with E-state index < -0.39 is 5.97 Å². The molecule has 0 spiro atoms. The van der Waals surface area contributed by atoms with Crippen molar-refractivity contribution in [2.24, 2.45) is 5.92 Å². The van der Waals surface area contributed by atoms with E-state index in [4.69, 9.17) is 9.84 Å². The number of methoxy groups -OCH3 is 1. The van der Waals surface area contributed by atoms with Gasteiger partial charge in [0, 0.05) is 26.7 Å². The smallest absolute Gasteiger partial charge is 0.323 e. The first-order chi connectivity index (χ1) is 7.97. The van der Waals surface area contributed by atoms with Gasteiger partial charge in [-0.3, -0.25) is 9.59 Å². The first-order valence-electron chi connectivity index (χ1n) is 5.95. The molecule has 17 heavy (non-hydrogen) atoms. The molecular weight excluding hydrogens is 222 g/mol. The number of rotatable bonds is 9. The summed E-state index contributed by atoms with van der Waals surface area (Å²) < 4.78 is 4.89. The first-order valence-corrected chi connectivity index (χ1v) is 5.95. The van der Waals surface area contributed by atoms with Crippen LogP contribution in [0, 0.1) is 5.92 Å². The molecule has 0 aliphatic heterocycles. The summed E-state index contributed by atoms with van der Waals surface area (Å²) in [6.07, 6.45) is 1.95. The van der Waals surface area contributed by atoms with Crippen molar-refractivity contribution in [3.05, 3.63) is 0 Å². The molecule has 0 bridgehead atoms. The lowest BCUT2D eigenvalue weighted by atomic mass is 10.1. The molecule has 0 aromatic heterocycles. The first kappa shape index (κ1) is 15.9. The van der Waals surface area contributed by atoms with Gasteiger partial charge in [0.2, 0.25) is 5.91 Å². The summed E-state index contributed by atoms with van der Waals surface area (Å²) in [7, 11) is 1.62. The molecule has 5 heteroatoms. The highest BCUT2D eigenvalue weighted by molar-refractivity contribution is 5.81. The second-order valence-electron chi connectivity index (χ2n) is 4.51. The van der Waals surface area contributed by atoms with Crippen molar-refractivity contribution in [1.82, 2.24) is 4.90 Å². The fourth-order valence-electron chi connectivity index (χ4n) is 1.54. The summed E-state index contributed by atoms with van der Waals surface area (Å²) in [6.45, 7) is 4.85. The molecule has 0 atom stereocenters. The topological polar surface area (TPSA) is 66.8 Å². The lowest BCUT2D eigenvalue weighted by Crippen LogP contribution is -2.38. The molecule has 0 saturated heterocycles. The fraction of sp³-hybridized carbons (Fsp3) is 0.833. The van der Waals surface area contributed by atoms with Crippen molar-refractivity contribution in [2.75, 3.05) is 26.8 Å². The van der Waals surface area contributed by atoms with Gasteiger partial charge >= 0.3 is 5.97 Å². The van der Waals surface area contributed by atoms with E-state index >= 15 is 0 Å². The van der Waals surface area contributed by atoms with Crippen LogP contribution in [-0.2, 0) is 14.3 Å². The maximum absolute atomic E-state index is 11.8. The normalized spacial score (nSPS) is 10.6. The standard InChI is InChI=1S/C12H23NO4/c1-10(2)8-13(9-12(15)16)11(14)6-4-5-7-17-3/h10H,4-9H2,1-3H3,(H,15,16). The third-order valence-corrected chi connectivity index (χ3v) is 2.25. The van der Waals surface area contributed by atoms with Gasteiger partial charge in [0.15, 0.2) is 0 Å². The molecule has 5 nitrogen and oxygen atoms in total. The molecule has 0 aromatic carbocycles. The Bertz CT molecular complexity index is 241. The van der Waals surface area contributed by atoms with Gasteiger partial charge < -0.3 is 14.7 Å². The van der Waals surface area contributed by atoms with Gasteiger partial charge in [-0.05, 0) is 18.8 Å². The zero-order chi connectivity index (χ0) is 13.3. The molecule has 0 aliphatic rings. The molecule has 0 rings (SSSR count). The van der Waals surface area contributed by atoms with Gasteiger partial charge in [0.25, 0.3) is 0 Å². The molecule has 0 radical (unpaired) electrons. The maximum Gasteiger partial charge on any atom is 0.323 e. The van der Waals surface area contributed by atoms with Crippen LogP contribution >= 0.6 is 0 Å². The van der Waals surface area contributed by atoms with E-state index in [1.165, 1.54) is 4.90 Å². The number of hydrogen-bond donors (Lipinski definition) is 1. The highest BCUT2D eigenvalue weighted by atomic mass is 16.5. The summed E-state index contributed by atoms with van der Waals surface area (Å²) in [5.41, 5.74) is 0. The summed E-state index contributed by atoms with van der Waals surface area (Å²) in [4.78, 5) is 23.9. The number of amides is 1. The second kappa shape index (κ2) is 8.98. The van der Waals surface area contributed by atoms with E-state index in [0.29, 0.717) is 19.6 Å². The zero-order valence-electron chi connectivity index (χ0n) is 10.9. The largest absolute Gasteiger partial charge is 0.480 e. The lowest BCUT2D eigenvalue weighted by molar-refractivity contribution is -0.144. The number of hydrogen-bond acceptors (Lipinski definition) is 3. The molecule has 0 fully saturated rings. The number of aliphatic carboxylic acids is 1. The highest BCUT2D eigenvalue weighted by Gasteiger charge is 2.17. The Morgan fingerprint density at radius 2 is 1.94 bits per heavy atom. The van der Waals surface area contributed by atoms with Gasteiger partial charge in [-0.1, -0.05) is 13.8 Å². The quantitative estimate of drug-likeness (QED) is 0.623. The van der Waals surface area contributed by atoms with E-state index in [1.54, 1.807) is 7.11 Å². The van der Waals surface area contributed by atoms with Crippen LogP contribution in [0.15, 0.2) is 0 Å². The Kier molecular flexibility index (Phi) is 8.40. The van der Waals surface area contributed by atoms with E-state index in [2.05, 4.69) is 0 Å². The highest BCUT2D eigenvalue weighted by Crippen LogP contribution is 2.05. The van der Waals surface area contributed by atoms with E-state index in [9.17, 15) is 9.59 Å². The minimum Gasteiger partial charge on any atom is -0.480 e. The number of carboxylic acids is 1. The summed E-state index contributed by atoms with van der Waals surface area (Å²) in [5.74, 6) is -0.773. The predicted molar refractivity (Wildman–Crippen MR) is 64.8 cm³/mol.